The molecule has 1 heterocycles. The van der Waals surface area contributed by atoms with Crippen molar-refractivity contribution in [3.05, 3.63) is 0 Å². The first-order valence-corrected chi connectivity index (χ1v) is 5.07. The summed E-state index contributed by atoms with van der Waals surface area (Å²) >= 11 is 0. The molecule has 0 atom stereocenters. The largest absolute Gasteiger partial charge is 0.460 e. The Hall–Kier alpha value is -0.610. The molecule has 4 heteroatoms. The number of carbonyl (C=O) groups excluding carboxylic acids is 1. The first-order chi connectivity index (χ1) is 6.42. The van der Waals surface area contributed by atoms with Gasteiger partial charge >= 0.3 is 5.97 Å². The Morgan fingerprint density at radius 2 is 2.07 bits per heavy atom. The van der Waals surface area contributed by atoms with Crippen molar-refractivity contribution in [2.24, 2.45) is 11.7 Å². The Morgan fingerprint density at radius 3 is 2.50 bits per heavy atom. The Bertz CT molecular complexity index is 205. The van der Waals surface area contributed by atoms with Gasteiger partial charge in [0.1, 0.15) is 5.60 Å². The van der Waals surface area contributed by atoms with E-state index in [-0.39, 0.29) is 17.5 Å². The van der Waals surface area contributed by atoms with E-state index in [0.717, 1.165) is 19.6 Å². The van der Waals surface area contributed by atoms with Gasteiger partial charge in [-0.3, -0.25) is 4.79 Å². The Morgan fingerprint density at radius 1 is 1.50 bits per heavy atom. The van der Waals surface area contributed by atoms with Gasteiger partial charge in [-0.2, -0.15) is 0 Å². The predicted octanol–water partition coefficient (Wildman–Crippen LogP) is 0.219. The van der Waals surface area contributed by atoms with Gasteiger partial charge in [0.05, 0.1) is 5.92 Å². The molecule has 0 unspecified atom stereocenters. The lowest BCUT2D eigenvalue weighted by atomic mass is 10.00. The summed E-state index contributed by atoms with van der Waals surface area (Å²) in [5.74, 6) is -0.0217. The zero-order chi connectivity index (χ0) is 10.8. The monoisotopic (exact) mass is 200 g/mol. The van der Waals surface area contributed by atoms with Gasteiger partial charge in [-0.25, -0.2) is 0 Å². The van der Waals surface area contributed by atoms with E-state index < -0.39 is 0 Å². The van der Waals surface area contributed by atoms with E-state index in [1.165, 1.54) is 0 Å². The maximum absolute atomic E-state index is 11.5. The van der Waals surface area contributed by atoms with Crippen molar-refractivity contribution in [2.75, 3.05) is 26.2 Å². The highest BCUT2D eigenvalue weighted by Gasteiger charge is 2.34. The van der Waals surface area contributed by atoms with Crippen molar-refractivity contribution >= 4 is 5.97 Å². The van der Waals surface area contributed by atoms with Gasteiger partial charge in [0.15, 0.2) is 0 Å². The number of likely N-dealkylation sites (tertiary alicyclic amines) is 1. The molecule has 1 aliphatic heterocycles. The first kappa shape index (κ1) is 11.5. The fourth-order valence-electron chi connectivity index (χ4n) is 1.47. The number of hydrogen-bond donors (Lipinski definition) is 1. The molecule has 1 saturated heterocycles. The van der Waals surface area contributed by atoms with E-state index in [1.807, 2.05) is 20.8 Å². The molecule has 0 aromatic heterocycles. The molecule has 14 heavy (non-hydrogen) atoms. The number of rotatable bonds is 3. The minimum Gasteiger partial charge on any atom is -0.460 e. The smallest absolute Gasteiger partial charge is 0.312 e. The molecule has 1 rings (SSSR count). The van der Waals surface area contributed by atoms with Crippen molar-refractivity contribution in [3.8, 4) is 0 Å². The van der Waals surface area contributed by atoms with Crippen LogP contribution in [0, 0.1) is 5.92 Å². The second-order valence-electron chi connectivity index (χ2n) is 4.78. The van der Waals surface area contributed by atoms with Gasteiger partial charge in [0.2, 0.25) is 0 Å². The molecular formula is C10H20N2O2. The van der Waals surface area contributed by atoms with Gasteiger partial charge < -0.3 is 15.4 Å². The van der Waals surface area contributed by atoms with Crippen molar-refractivity contribution in [2.45, 2.75) is 26.4 Å². The highest BCUT2D eigenvalue weighted by atomic mass is 16.6. The second kappa shape index (κ2) is 4.28. The Kier molecular flexibility index (Phi) is 3.50. The van der Waals surface area contributed by atoms with Crippen molar-refractivity contribution in [1.82, 2.24) is 4.90 Å². The van der Waals surface area contributed by atoms with Crippen molar-refractivity contribution < 1.29 is 9.53 Å². The third-order valence-electron chi connectivity index (χ3n) is 2.14. The SMILES string of the molecule is CC(C)(C)OC(=O)C1CN(CCN)C1. The van der Waals surface area contributed by atoms with Gasteiger partial charge in [0, 0.05) is 26.2 Å². The molecule has 4 nitrogen and oxygen atoms in total. The topological polar surface area (TPSA) is 55.6 Å². The number of ether oxygens (including phenoxy) is 1. The summed E-state index contributed by atoms with van der Waals surface area (Å²) in [5.41, 5.74) is 5.03. The van der Waals surface area contributed by atoms with Gasteiger partial charge in [0.25, 0.3) is 0 Å². The second-order valence-corrected chi connectivity index (χ2v) is 4.78. The number of esters is 1. The summed E-state index contributed by atoms with van der Waals surface area (Å²) in [6, 6.07) is 0. The predicted molar refractivity (Wildman–Crippen MR) is 54.8 cm³/mol. The summed E-state index contributed by atoms with van der Waals surface area (Å²) in [5, 5.41) is 0. The highest BCUT2D eigenvalue weighted by molar-refractivity contribution is 5.74. The molecule has 0 radical (unpaired) electrons. The molecular weight excluding hydrogens is 180 g/mol. The van der Waals surface area contributed by atoms with E-state index in [9.17, 15) is 4.79 Å². The minimum absolute atomic E-state index is 0.0563. The number of nitrogens with two attached hydrogens (primary N) is 1. The third kappa shape index (κ3) is 3.27. The standard InChI is InChI=1S/C10H20N2O2/c1-10(2,3)14-9(13)8-6-12(7-8)5-4-11/h8H,4-7,11H2,1-3H3. The molecule has 82 valence electrons. The van der Waals surface area contributed by atoms with Crippen LogP contribution in [0.2, 0.25) is 0 Å². The molecule has 0 spiro atoms. The van der Waals surface area contributed by atoms with Gasteiger partial charge in [-0.15, -0.1) is 0 Å². The van der Waals surface area contributed by atoms with Crippen LogP contribution in [0.1, 0.15) is 20.8 Å². The average Bonchev–Trinajstić information content (AvgIpc) is 1.91. The molecule has 0 saturated carbocycles. The van der Waals surface area contributed by atoms with Crippen LogP contribution in [0.15, 0.2) is 0 Å². The molecule has 0 amide bonds. The Balaban J connectivity index is 2.23. The maximum Gasteiger partial charge on any atom is 0.312 e. The van der Waals surface area contributed by atoms with E-state index >= 15 is 0 Å². The van der Waals surface area contributed by atoms with Gasteiger partial charge in [-0.1, -0.05) is 0 Å². The maximum atomic E-state index is 11.5. The summed E-state index contributed by atoms with van der Waals surface area (Å²) in [4.78, 5) is 13.7. The number of carbonyl (C=O) groups is 1. The quantitative estimate of drug-likeness (QED) is 0.662. The molecule has 0 aromatic rings. The Labute approximate surface area is 85.4 Å². The van der Waals surface area contributed by atoms with Crippen molar-refractivity contribution in [1.29, 1.82) is 0 Å². The first-order valence-electron chi connectivity index (χ1n) is 5.07. The molecule has 1 aliphatic rings. The van der Waals surface area contributed by atoms with Crippen LogP contribution in [0.3, 0.4) is 0 Å². The molecule has 1 fully saturated rings. The zero-order valence-corrected chi connectivity index (χ0v) is 9.25. The van der Waals surface area contributed by atoms with Crippen LogP contribution in [-0.2, 0) is 9.53 Å². The van der Waals surface area contributed by atoms with E-state index in [0.29, 0.717) is 6.54 Å². The zero-order valence-electron chi connectivity index (χ0n) is 9.25. The summed E-state index contributed by atoms with van der Waals surface area (Å²) in [6.07, 6.45) is 0. The lowest BCUT2D eigenvalue weighted by Crippen LogP contribution is -2.53. The third-order valence-corrected chi connectivity index (χ3v) is 2.14. The van der Waals surface area contributed by atoms with Crippen molar-refractivity contribution in [3.63, 3.8) is 0 Å². The van der Waals surface area contributed by atoms with E-state index in [4.69, 9.17) is 10.5 Å². The van der Waals surface area contributed by atoms with E-state index in [2.05, 4.69) is 4.90 Å². The summed E-state index contributed by atoms with van der Waals surface area (Å²) < 4.78 is 5.27. The summed E-state index contributed by atoms with van der Waals surface area (Å²) in [7, 11) is 0. The normalized spacial score (nSPS) is 19.1. The molecule has 0 aliphatic carbocycles. The lowest BCUT2D eigenvalue weighted by molar-refractivity contribution is -0.165. The highest BCUT2D eigenvalue weighted by Crippen LogP contribution is 2.19. The number of nitrogens with zero attached hydrogens (tertiary/aromatic N) is 1. The van der Waals surface area contributed by atoms with E-state index in [1.54, 1.807) is 0 Å². The molecule has 0 aromatic carbocycles. The van der Waals surface area contributed by atoms with Gasteiger partial charge in [-0.05, 0) is 20.8 Å². The average molecular weight is 200 g/mol. The van der Waals surface area contributed by atoms with Crippen LogP contribution >= 0.6 is 0 Å². The van der Waals surface area contributed by atoms with Crippen LogP contribution in [-0.4, -0.2) is 42.6 Å². The fourth-order valence-corrected chi connectivity index (χ4v) is 1.47. The lowest BCUT2D eigenvalue weighted by Gasteiger charge is -2.38. The fraction of sp³-hybridized carbons (Fsp3) is 0.900. The van der Waals surface area contributed by atoms with Crippen LogP contribution < -0.4 is 5.73 Å². The summed E-state index contributed by atoms with van der Waals surface area (Å²) in [6.45, 7) is 8.79. The van der Waals surface area contributed by atoms with Crippen LogP contribution in [0.4, 0.5) is 0 Å². The molecule has 0 bridgehead atoms. The minimum atomic E-state index is -0.370. The van der Waals surface area contributed by atoms with Crippen LogP contribution in [0.25, 0.3) is 0 Å². The molecule has 2 N–H and O–H groups in total. The number of hydrogen-bond acceptors (Lipinski definition) is 4. The van der Waals surface area contributed by atoms with Crippen LogP contribution in [0.5, 0.6) is 0 Å².